The summed E-state index contributed by atoms with van der Waals surface area (Å²) in [5.74, 6) is -0.725. The lowest BCUT2D eigenvalue weighted by atomic mass is 10.1. The zero-order valence-electron chi connectivity index (χ0n) is 8.08. The molecule has 1 aromatic rings. The quantitative estimate of drug-likeness (QED) is 0.744. The molecule has 1 aromatic carbocycles. The molecule has 0 saturated carbocycles. The number of ether oxygens (including phenoxy) is 1. The number of methoxy groups -OCH3 is 1. The normalized spacial score (nSPS) is 12.3. The van der Waals surface area contributed by atoms with Crippen LogP contribution in [0.15, 0.2) is 18.2 Å². The van der Waals surface area contributed by atoms with Crippen LogP contribution in [-0.4, -0.2) is 18.9 Å². The van der Waals surface area contributed by atoms with Crippen molar-refractivity contribution in [3.05, 3.63) is 29.6 Å². The van der Waals surface area contributed by atoms with Crippen molar-refractivity contribution in [3.8, 4) is 5.75 Å². The maximum atomic E-state index is 13.2. The van der Waals surface area contributed by atoms with Crippen LogP contribution in [0.1, 0.15) is 17.3 Å². The first-order valence-electron chi connectivity index (χ1n) is 4.19. The summed E-state index contributed by atoms with van der Waals surface area (Å²) in [5, 5.41) is 0. The van der Waals surface area contributed by atoms with Gasteiger partial charge in [-0.05, 0) is 25.1 Å². The van der Waals surface area contributed by atoms with Gasteiger partial charge in [0.25, 0.3) is 0 Å². The van der Waals surface area contributed by atoms with E-state index in [1.165, 1.54) is 19.2 Å². The van der Waals surface area contributed by atoms with E-state index in [-0.39, 0.29) is 17.1 Å². The Hall–Kier alpha value is -1.42. The number of halogens is 1. The minimum atomic E-state index is -0.622. The fraction of sp³-hybridized carbons (Fsp3) is 0.300. The molecule has 0 amide bonds. The van der Waals surface area contributed by atoms with Crippen LogP contribution in [0.4, 0.5) is 4.39 Å². The molecule has 0 aliphatic heterocycles. The topological polar surface area (TPSA) is 52.3 Å². The van der Waals surface area contributed by atoms with E-state index in [0.717, 1.165) is 6.07 Å². The number of carbonyl (C=O) groups excluding carboxylic acids is 1. The third kappa shape index (κ3) is 2.09. The molecule has 4 heteroatoms. The Kier molecular flexibility index (Phi) is 3.19. The van der Waals surface area contributed by atoms with Crippen molar-refractivity contribution in [3.63, 3.8) is 0 Å². The molecular formula is C10H12FNO2. The van der Waals surface area contributed by atoms with E-state index >= 15 is 0 Å². The van der Waals surface area contributed by atoms with Crippen LogP contribution in [0.2, 0.25) is 0 Å². The lowest BCUT2D eigenvalue weighted by molar-refractivity contribution is 0.0967. The predicted molar refractivity (Wildman–Crippen MR) is 50.9 cm³/mol. The van der Waals surface area contributed by atoms with Crippen LogP contribution in [0.5, 0.6) is 5.75 Å². The molecule has 76 valence electrons. The molecule has 0 spiro atoms. The zero-order chi connectivity index (χ0) is 10.7. The van der Waals surface area contributed by atoms with Crippen molar-refractivity contribution in [2.24, 2.45) is 5.73 Å². The Morgan fingerprint density at radius 3 is 2.64 bits per heavy atom. The summed E-state index contributed by atoms with van der Waals surface area (Å²) in [6, 6.07) is 3.41. The molecule has 0 aromatic heterocycles. The first-order chi connectivity index (χ1) is 6.56. The summed E-state index contributed by atoms with van der Waals surface area (Å²) in [6.45, 7) is 1.56. The minimum absolute atomic E-state index is 0.117. The Morgan fingerprint density at radius 1 is 1.57 bits per heavy atom. The fourth-order valence-corrected chi connectivity index (χ4v) is 1.08. The molecule has 14 heavy (non-hydrogen) atoms. The van der Waals surface area contributed by atoms with E-state index in [4.69, 9.17) is 10.5 Å². The highest BCUT2D eigenvalue weighted by molar-refractivity contribution is 5.99. The summed E-state index contributed by atoms with van der Waals surface area (Å²) < 4.78 is 17.9. The number of nitrogens with two attached hydrogens (primary N) is 1. The second-order valence-corrected chi connectivity index (χ2v) is 3.00. The monoisotopic (exact) mass is 197 g/mol. The van der Waals surface area contributed by atoms with Gasteiger partial charge in [-0.3, -0.25) is 4.79 Å². The van der Waals surface area contributed by atoms with E-state index in [2.05, 4.69) is 0 Å². The van der Waals surface area contributed by atoms with Crippen molar-refractivity contribution in [1.29, 1.82) is 0 Å². The van der Waals surface area contributed by atoms with Crippen LogP contribution in [0.3, 0.4) is 0 Å². The van der Waals surface area contributed by atoms with Crippen molar-refractivity contribution in [1.82, 2.24) is 0 Å². The predicted octanol–water partition coefficient (Wildman–Crippen LogP) is 1.36. The smallest absolute Gasteiger partial charge is 0.179 e. The largest absolute Gasteiger partial charge is 0.494 e. The fourth-order valence-electron chi connectivity index (χ4n) is 1.08. The standard InChI is InChI=1S/C10H12FNO2/c1-6(12)10(13)7-3-4-9(14-2)8(11)5-7/h3-6H,12H2,1-2H3. The highest BCUT2D eigenvalue weighted by Crippen LogP contribution is 2.18. The summed E-state index contributed by atoms with van der Waals surface area (Å²) in [4.78, 5) is 11.4. The number of rotatable bonds is 3. The number of Topliss-reactive ketones (excluding diaryl/α,β-unsaturated/α-hetero) is 1. The van der Waals surface area contributed by atoms with Crippen molar-refractivity contribution in [2.75, 3.05) is 7.11 Å². The maximum absolute atomic E-state index is 13.2. The molecule has 0 heterocycles. The average Bonchev–Trinajstić information content (AvgIpc) is 2.16. The molecule has 1 unspecified atom stereocenters. The van der Waals surface area contributed by atoms with Gasteiger partial charge in [-0.2, -0.15) is 0 Å². The molecular weight excluding hydrogens is 185 g/mol. The molecule has 0 bridgehead atoms. The van der Waals surface area contributed by atoms with E-state index in [1.54, 1.807) is 6.92 Å². The van der Waals surface area contributed by atoms with E-state index in [1.807, 2.05) is 0 Å². The number of hydrogen-bond acceptors (Lipinski definition) is 3. The van der Waals surface area contributed by atoms with Crippen LogP contribution < -0.4 is 10.5 Å². The number of ketones is 1. The van der Waals surface area contributed by atoms with Gasteiger partial charge < -0.3 is 10.5 Å². The van der Waals surface area contributed by atoms with Crippen molar-refractivity contribution >= 4 is 5.78 Å². The first kappa shape index (κ1) is 10.7. The third-order valence-electron chi connectivity index (χ3n) is 1.85. The Labute approximate surface area is 81.7 Å². The second kappa shape index (κ2) is 4.19. The second-order valence-electron chi connectivity index (χ2n) is 3.00. The number of carbonyl (C=O) groups is 1. The summed E-state index contributed by atoms with van der Waals surface area (Å²) >= 11 is 0. The summed E-state index contributed by atoms with van der Waals surface area (Å²) in [7, 11) is 1.37. The summed E-state index contributed by atoms with van der Waals surface area (Å²) in [6.07, 6.45) is 0. The third-order valence-corrected chi connectivity index (χ3v) is 1.85. The van der Waals surface area contributed by atoms with Crippen LogP contribution in [0.25, 0.3) is 0 Å². The molecule has 2 N–H and O–H groups in total. The molecule has 1 atom stereocenters. The van der Waals surface area contributed by atoms with Crippen LogP contribution in [0, 0.1) is 5.82 Å². The lowest BCUT2D eigenvalue weighted by Gasteiger charge is -2.06. The van der Waals surface area contributed by atoms with Gasteiger partial charge in [-0.15, -0.1) is 0 Å². The van der Waals surface area contributed by atoms with E-state index in [9.17, 15) is 9.18 Å². The molecule has 0 aliphatic carbocycles. The first-order valence-corrected chi connectivity index (χ1v) is 4.19. The maximum Gasteiger partial charge on any atom is 0.179 e. The number of hydrogen-bond donors (Lipinski definition) is 1. The number of benzene rings is 1. The SMILES string of the molecule is COc1ccc(C(=O)C(C)N)cc1F. The van der Waals surface area contributed by atoms with Crippen LogP contribution in [-0.2, 0) is 0 Å². The summed E-state index contributed by atoms with van der Waals surface area (Å²) in [5.41, 5.74) is 5.65. The molecule has 0 aliphatic rings. The van der Waals surface area contributed by atoms with Gasteiger partial charge in [0.05, 0.1) is 13.2 Å². The van der Waals surface area contributed by atoms with Gasteiger partial charge in [0, 0.05) is 5.56 Å². The van der Waals surface area contributed by atoms with Gasteiger partial charge in [0.1, 0.15) is 0 Å². The Bertz CT molecular complexity index is 350. The van der Waals surface area contributed by atoms with E-state index in [0.29, 0.717) is 0 Å². The van der Waals surface area contributed by atoms with Crippen molar-refractivity contribution < 1.29 is 13.9 Å². The Morgan fingerprint density at radius 2 is 2.21 bits per heavy atom. The molecule has 0 radical (unpaired) electrons. The minimum Gasteiger partial charge on any atom is -0.494 e. The van der Waals surface area contributed by atoms with Gasteiger partial charge in [0.2, 0.25) is 0 Å². The van der Waals surface area contributed by atoms with Gasteiger partial charge in [0.15, 0.2) is 17.3 Å². The van der Waals surface area contributed by atoms with Crippen LogP contribution >= 0.6 is 0 Å². The zero-order valence-corrected chi connectivity index (χ0v) is 8.08. The highest BCUT2D eigenvalue weighted by atomic mass is 19.1. The van der Waals surface area contributed by atoms with Gasteiger partial charge in [-0.1, -0.05) is 0 Å². The van der Waals surface area contributed by atoms with Crippen molar-refractivity contribution in [2.45, 2.75) is 13.0 Å². The lowest BCUT2D eigenvalue weighted by Crippen LogP contribution is -2.26. The molecule has 1 rings (SSSR count). The average molecular weight is 197 g/mol. The molecule has 3 nitrogen and oxygen atoms in total. The van der Waals surface area contributed by atoms with Gasteiger partial charge in [-0.25, -0.2) is 4.39 Å². The Balaban J connectivity index is 3.03. The van der Waals surface area contributed by atoms with Gasteiger partial charge >= 0.3 is 0 Å². The highest BCUT2D eigenvalue weighted by Gasteiger charge is 2.13. The molecule has 0 saturated heterocycles. The van der Waals surface area contributed by atoms with E-state index < -0.39 is 11.9 Å². The molecule has 0 fully saturated rings.